The van der Waals surface area contributed by atoms with E-state index in [-0.39, 0.29) is 5.91 Å². The maximum atomic E-state index is 12.2. The van der Waals surface area contributed by atoms with Crippen LogP contribution in [-0.2, 0) is 0 Å². The van der Waals surface area contributed by atoms with Crippen LogP contribution in [0, 0.1) is 0 Å². The predicted molar refractivity (Wildman–Crippen MR) is 70.0 cm³/mol. The number of hydrogen-bond acceptors (Lipinski definition) is 2. The zero-order valence-corrected chi connectivity index (χ0v) is 10.9. The van der Waals surface area contributed by atoms with Gasteiger partial charge in [0.2, 0.25) is 0 Å². The summed E-state index contributed by atoms with van der Waals surface area (Å²) in [7, 11) is 0. The van der Waals surface area contributed by atoms with Crippen molar-refractivity contribution in [3.8, 4) is 0 Å². The molecule has 0 spiro atoms. The van der Waals surface area contributed by atoms with Crippen molar-refractivity contribution in [3.05, 3.63) is 30.1 Å². The standard InChI is InChI=1S/C14H22N2O/c1-3-5-10-16(11-6-4-2)14(17)13-8-7-9-15-12-13/h7-9,12H,3-6,10-11H2,1-2H3. The number of unbranched alkanes of at least 4 members (excludes halogenated alkanes) is 2. The van der Waals surface area contributed by atoms with Crippen molar-refractivity contribution >= 4 is 5.91 Å². The highest BCUT2D eigenvalue weighted by Crippen LogP contribution is 2.06. The predicted octanol–water partition coefficient (Wildman–Crippen LogP) is 3.12. The molecule has 1 heterocycles. The molecule has 3 heteroatoms. The van der Waals surface area contributed by atoms with E-state index in [1.54, 1.807) is 12.4 Å². The Hall–Kier alpha value is -1.38. The van der Waals surface area contributed by atoms with Gasteiger partial charge in [0, 0.05) is 25.5 Å². The summed E-state index contributed by atoms with van der Waals surface area (Å²) < 4.78 is 0. The van der Waals surface area contributed by atoms with Gasteiger partial charge in [-0.05, 0) is 25.0 Å². The lowest BCUT2D eigenvalue weighted by Crippen LogP contribution is -2.33. The number of rotatable bonds is 7. The van der Waals surface area contributed by atoms with Gasteiger partial charge in [-0.2, -0.15) is 0 Å². The molecule has 0 N–H and O–H groups in total. The van der Waals surface area contributed by atoms with Crippen LogP contribution >= 0.6 is 0 Å². The molecular formula is C14H22N2O. The first-order valence-electron chi connectivity index (χ1n) is 6.48. The smallest absolute Gasteiger partial charge is 0.255 e. The van der Waals surface area contributed by atoms with Crippen molar-refractivity contribution in [2.75, 3.05) is 13.1 Å². The van der Waals surface area contributed by atoms with Gasteiger partial charge in [0.25, 0.3) is 5.91 Å². The molecule has 1 rings (SSSR count). The Kier molecular flexibility index (Phi) is 6.30. The summed E-state index contributed by atoms with van der Waals surface area (Å²) in [6, 6.07) is 3.64. The molecule has 0 fully saturated rings. The Morgan fingerprint density at radius 2 is 1.88 bits per heavy atom. The maximum Gasteiger partial charge on any atom is 0.255 e. The molecule has 3 nitrogen and oxygen atoms in total. The molecule has 1 aromatic heterocycles. The zero-order valence-electron chi connectivity index (χ0n) is 10.9. The lowest BCUT2D eigenvalue weighted by molar-refractivity contribution is 0.0750. The summed E-state index contributed by atoms with van der Waals surface area (Å²) in [5, 5.41) is 0. The largest absolute Gasteiger partial charge is 0.339 e. The second-order valence-electron chi connectivity index (χ2n) is 4.24. The van der Waals surface area contributed by atoms with Crippen molar-refractivity contribution in [1.29, 1.82) is 0 Å². The number of amides is 1. The summed E-state index contributed by atoms with van der Waals surface area (Å²) in [6.07, 6.45) is 7.70. The maximum absolute atomic E-state index is 12.2. The molecule has 1 amide bonds. The monoisotopic (exact) mass is 234 g/mol. The number of nitrogens with zero attached hydrogens (tertiary/aromatic N) is 2. The van der Waals surface area contributed by atoms with Crippen molar-refractivity contribution in [2.45, 2.75) is 39.5 Å². The molecule has 0 aliphatic carbocycles. The normalized spacial score (nSPS) is 10.2. The van der Waals surface area contributed by atoms with Crippen LogP contribution in [0.3, 0.4) is 0 Å². The van der Waals surface area contributed by atoms with Crippen LogP contribution in [0.15, 0.2) is 24.5 Å². The van der Waals surface area contributed by atoms with Crippen molar-refractivity contribution in [1.82, 2.24) is 9.88 Å². The quantitative estimate of drug-likeness (QED) is 0.726. The van der Waals surface area contributed by atoms with E-state index in [4.69, 9.17) is 0 Å². The Balaban J connectivity index is 2.64. The first-order chi connectivity index (χ1) is 8.29. The van der Waals surface area contributed by atoms with Gasteiger partial charge in [-0.15, -0.1) is 0 Å². The third kappa shape index (κ3) is 4.55. The number of aromatic nitrogens is 1. The van der Waals surface area contributed by atoms with Crippen LogP contribution in [-0.4, -0.2) is 28.9 Å². The number of carbonyl (C=O) groups is 1. The fraction of sp³-hybridized carbons (Fsp3) is 0.571. The van der Waals surface area contributed by atoms with Crippen molar-refractivity contribution in [2.24, 2.45) is 0 Å². The molecule has 0 bridgehead atoms. The minimum atomic E-state index is 0.111. The molecule has 0 saturated carbocycles. The van der Waals surface area contributed by atoms with Gasteiger partial charge in [-0.3, -0.25) is 9.78 Å². The van der Waals surface area contributed by atoms with Crippen LogP contribution in [0.1, 0.15) is 49.9 Å². The van der Waals surface area contributed by atoms with Gasteiger partial charge < -0.3 is 4.90 Å². The number of carbonyl (C=O) groups excluding carboxylic acids is 1. The fourth-order valence-corrected chi connectivity index (χ4v) is 1.68. The molecule has 0 aliphatic heterocycles. The first kappa shape index (κ1) is 13.7. The van der Waals surface area contributed by atoms with Gasteiger partial charge in [0.15, 0.2) is 0 Å². The molecule has 94 valence electrons. The van der Waals surface area contributed by atoms with Gasteiger partial charge in [0.1, 0.15) is 0 Å². The first-order valence-corrected chi connectivity index (χ1v) is 6.48. The topological polar surface area (TPSA) is 33.2 Å². The highest BCUT2D eigenvalue weighted by atomic mass is 16.2. The zero-order chi connectivity index (χ0) is 12.5. The molecular weight excluding hydrogens is 212 g/mol. The molecule has 0 aromatic carbocycles. The van der Waals surface area contributed by atoms with Crippen LogP contribution in [0.4, 0.5) is 0 Å². The van der Waals surface area contributed by atoms with E-state index in [1.165, 1.54) is 0 Å². The Labute approximate surface area is 104 Å². The van der Waals surface area contributed by atoms with Crippen molar-refractivity contribution < 1.29 is 4.79 Å². The lowest BCUT2D eigenvalue weighted by atomic mass is 10.2. The van der Waals surface area contributed by atoms with Crippen molar-refractivity contribution in [3.63, 3.8) is 0 Å². The average molecular weight is 234 g/mol. The average Bonchev–Trinajstić information content (AvgIpc) is 2.39. The summed E-state index contributed by atoms with van der Waals surface area (Å²) >= 11 is 0. The number of pyridine rings is 1. The second-order valence-corrected chi connectivity index (χ2v) is 4.24. The molecule has 0 unspecified atom stereocenters. The van der Waals surface area contributed by atoms with Crippen LogP contribution in [0.5, 0.6) is 0 Å². The Morgan fingerprint density at radius 3 is 2.35 bits per heavy atom. The van der Waals surface area contributed by atoms with Crippen LogP contribution in [0.2, 0.25) is 0 Å². The molecule has 0 aliphatic rings. The van der Waals surface area contributed by atoms with Gasteiger partial charge in [-0.1, -0.05) is 26.7 Å². The van der Waals surface area contributed by atoms with E-state index in [2.05, 4.69) is 18.8 Å². The van der Waals surface area contributed by atoms with Gasteiger partial charge >= 0.3 is 0 Å². The summed E-state index contributed by atoms with van der Waals surface area (Å²) in [5.74, 6) is 0.111. The highest BCUT2D eigenvalue weighted by molar-refractivity contribution is 5.93. The summed E-state index contributed by atoms with van der Waals surface area (Å²) in [4.78, 5) is 18.2. The van der Waals surface area contributed by atoms with E-state index in [9.17, 15) is 4.79 Å². The molecule has 0 atom stereocenters. The molecule has 0 radical (unpaired) electrons. The highest BCUT2D eigenvalue weighted by Gasteiger charge is 2.14. The second kappa shape index (κ2) is 7.82. The van der Waals surface area contributed by atoms with Gasteiger partial charge in [-0.25, -0.2) is 0 Å². The Bertz CT molecular complexity index is 316. The Morgan fingerprint density at radius 1 is 1.24 bits per heavy atom. The SMILES string of the molecule is CCCCN(CCCC)C(=O)c1cccnc1. The van der Waals surface area contributed by atoms with E-state index < -0.39 is 0 Å². The third-order valence-corrected chi connectivity index (χ3v) is 2.76. The van der Waals surface area contributed by atoms with E-state index in [1.807, 2.05) is 17.0 Å². The molecule has 17 heavy (non-hydrogen) atoms. The molecule has 1 aromatic rings. The minimum absolute atomic E-state index is 0.111. The minimum Gasteiger partial charge on any atom is -0.339 e. The summed E-state index contributed by atoms with van der Waals surface area (Å²) in [6.45, 7) is 5.99. The van der Waals surface area contributed by atoms with E-state index >= 15 is 0 Å². The van der Waals surface area contributed by atoms with Crippen LogP contribution in [0.25, 0.3) is 0 Å². The fourth-order valence-electron chi connectivity index (χ4n) is 1.68. The number of hydrogen-bond donors (Lipinski definition) is 0. The van der Waals surface area contributed by atoms with Gasteiger partial charge in [0.05, 0.1) is 5.56 Å². The summed E-state index contributed by atoms with van der Waals surface area (Å²) in [5.41, 5.74) is 0.694. The van der Waals surface area contributed by atoms with E-state index in [0.717, 1.165) is 38.8 Å². The lowest BCUT2D eigenvalue weighted by Gasteiger charge is -2.22. The van der Waals surface area contributed by atoms with Crippen LogP contribution < -0.4 is 0 Å². The molecule has 0 saturated heterocycles. The third-order valence-electron chi connectivity index (χ3n) is 2.76. The van der Waals surface area contributed by atoms with E-state index in [0.29, 0.717) is 5.56 Å².